The van der Waals surface area contributed by atoms with Gasteiger partial charge in [0.15, 0.2) is 0 Å². The van der Waals surface area contributed by atoms with Gasteiger partial charge in [-0.3, -0.25) is 4.72 Å². The van der Waals surface area contributed by atoms with Crippen LogP contribution >= 0.6 is 22.6 Å². The SMILES string of the molecule is CCc1ccc(NS(=O)(=O)c2ccccc2C(F)(F)F)cc1I. The highest BCUT2D eigenvalue weighted by Gasteiger charge is 2.36. The second kappa shape index (κ2) is 6.68. The highest BCUT2D eigenvalue weighted by Crippen LogP contribution is 2.34. The van der Waals surface area contributed by atoms with Crippen LogP contribution in [0, 0.1) is 3.57 Å². The molecule has 2 aromatic carbocycles. The number of nitrogens with one attached hydrogen (secondary N) is 1. The van der Waals surface area contributed by atoms with Gasteiger partial charge in [-0.2, -0.15) is 13.2 Å². The summed E-state index contributed by atoms with van der Waals surface area (Å²) in [4.78, 5) is -0.790. The van der Waals surface area contributed by atoms with Crippen LogP contribution < -0.4 is 4.72 Å². The summed E-state index contributed by atoms with van der Waals surface area (Å²) in [5.74, 6) is 0. The maximum atomic E-state index is 13.0. The summed E-state index contributed by atoms with van der Waals surface area (Å²) >= 11 is 2.06. The lowest BCUT2D eigenvalue weighted by Crippen LogP contribution is -2.19. The Balaban J connectivity index is 2.43. The largest absolute Gasteiger partial charge is 0.417 e. The standard InChI is InChI=1S/C15H13F3INO2S/c1-2-10-7-8-11(9-13(10)19)20-23(21,22)14-6-4-3-5-12(14)15(16,17)18/h3-9,20H,2H2,1H3. The molecule has 0 aliphatic heterocycles. The lowest BCUT2D eigenvalue weighted by molar-refractivity contribution is -0.139. The van der Waals surface area contributed by atoms with Gasteiger partial charge in [0.05, 0.1) is 10.5 Å². The van der Waals surface area contributed by atoms with Gasteiger partial charge in [0.1, 0.15) is 0 Å². The Morgan fingerprint density at radius 2 is 1.78 bits per heavy atom. The summed E-state index contributed by atoms with van der Waals surface area (Å²) in [7, 11) is -4.34. The van der Waals surface area contributed by atoms with Gasteiger partial charge in [-0.1, -0.05) is 25.1 Å². The molecular formula is C15H13F3INO2S. The van der Waals surface area contributed by atoms with E-state index in [-0.39, 0.29) is 5.69 Å². The van der Waals surface area contributed by atoms with Crippen molar-refractivity contribution in [1.82, 2.24) is 0 Å². The molecule has 0 aliphatic rings. The molecule has 23 heavy (non-hydrogen) atoms. The first kappa shape index (κ1) is 18.1. The Labute approximate surface area is 146 Å². The lowest BCUT2D eigenvalue weighted by Gasteiger charge is -2.15. The van der Waals surface area contributed by atoms with Crippen LogP contribution in [0.2, 0.25) is 0 Å². The van der Waals surface area contributed by atoms with Gasteiger partial charge >= 0.3 is 6.18 Å². The van der Waals surface area contributed by atoms with Crippen molar-refractivity contribution in [2.75, 3.05) is 4.72 Å². The molecule has 0 amide bonds. The molecule has 0 heterocycles. The second-order valence-electron chi connectivity index (χ2n) is 4.76. The van der Waals surface area contributed by atoms with Crippen molar-refractivity contribution in [2.45, 2.75) is 24.4 Å². The predicted octanol–water partition coefficient (Wildman–Crippen LogP) is 4.67. The van der Waals surface area contributed by atoms with E-state index < -0.39 is 26.7 Å². The van der Waals surface area contributed by atoms with Crippen LogP contribution in [0.5, 0.6) is 0 Å². The molecule has 0 radical (unpaired) electrons. The molecule has 0 spiro atoms. The molecule has 8 heteroatoms. The number of benzene rings is 2. The minimum atomic E-state index is -4.74. The fourth-order valence-corrected chi connectivity index (χ4v) is 4.22. The maximum Gasteiger partial charge on any atom is 0.417 e. The smallest absolute Gasteiger partial charge is 0.280 e. The third-order valence-electron chi connectivity index (χ3n) is 3.17. The number of hydrogen-bond donors (Lipinski definition) is 1. The fourth-order valence-electron chi connectivity index (χ4n) is 2.04. The second-order valence-corrected chi connectivity index (χ2v) is 7.57. The van der Waals surface area contributed by atoms with Gasteiger partial charge < -0.3 is 0 Å². The summed E-state index contributed by atoms with van der Waals surface area (Å²) in [5.41, 5.74) is 0.0696. The third kappa shape index (κ3) is 4.17. The lowest BCUT2D eigenvalue weighted by atomic mass is 10.2. The summed E-state index contributed by atoms with van der Waals surface area (Å²) in [5, 5.41) is 0. The zero-order valence-corrected chi connectivity index (χ0v) is 15.0. The van der Waals surface area contributed by atoms with Gasteiger partial charge in [-0.05, 0) is 58.8 Å². The molecule has 0 aliphatic carbocycles. The molecule has 1 N–H and O–H groups in total. The van der Waals surface area contributed by atoms with E-state index in [4.69, 9.17) is 0 Å². The first-order valence-electron chi connectivity index (χ1n) is 6.62. The van der Waals surface area contributed by atoms with Crippen LogP contribution in [0.1, 0.15) is 18.1 Å². The van der Waals surface area contributed by atoms with Crippen molar-refractivity contribution in [3.05, 3.63) is 57.2 Å². The molecule has 0 saturated heterocycles. The van der Waals surface area contributed by atoms with E-state index in [1.165, 1.54) is 12.1 Å². The topological polar surface area (TPSA) is 46.2 Å². The van der Waals surface area contributed by atoms with Crippen LogP contribution in [0.4, 0.5) is 18.9 Å². The van der Waals surface area contributed by atoms with E-state index in [0.29, 0.717) is 0 Å². The van der Waals surface area contributed by atoms with E-state index in [9.17, 15) is 21.6 Å². The number of anilines is 1. The number of aryl methyl sites for hydroxylation is 1. The highest BCUT2D eigenvalue weighted by molar-refractivity contribution is 14.1. The number of alkyl halides is 3. The van der Waals surface area contributed by atoms with Crippen molar-refractivity contribution in [2.24, 2.45) is 0 Å². The predicted molar refractivity (Wildman–Crippen MR) is 90.8 cm³/mol. The Bertz CT molecular complexity index is 820. The molecule has 0 aromatic heterocycles. The van der Waals surface area contributed by atoms with Crippen LogP contribution in [-0.2, 0) is 22.6 Å². The van der Waals surface area contributed by atoms with Gasteiger partial charge in [0.2, 0.25) is 0 Å². The highest BCUT2D eigenvalue weighted by atomic mass is 127. The summed E-state index contributed by atoms with van der Waals surface area (Å²) < 4.78 is 66.7. The van der Waals surface area contributed by atoms with Gasteiger partial charge in [-0.15, -0.1) is 0 Å². The van der Waals surface area contributed by atoms with E-state index >= 15 is 0 Å². The van der Waals surface area contributed by atoms with Crippen LogP contribution in [0.3, 0.4) is 0 Å². The number of rotatable bonds is 4. The van der Waals surface area contributed by atoms with Crippen LogP contribution in [0.15, 0.2) is 47.4 Å². The third-order valence-corrected chi connectivity index (χ3v) is 5.61. The van der Waals surface area contributed by atoms with Crippen molar-refractivity contribution >= 4 is 38.3 Å². The molecule has 0 bridgehead atoms. The van der Waals surface area contributed by atoms with Crippen molar-refractivity contribution in [1.29, 1.82) is 0 Å². The summed E-state index contributed by atoms with van der Waals surface area (Å²) in [6.45, 7) is 1.96. The monoisotopic (exact) mass is 455 g/mol. The molecule has 0 saturated carbocycles. The van der Waals surface area contributed by atoms with E-state index in [2.05, 4.69) is 27.3 Å². The zero-order chi connectivity index (χ0) is 17.3. The molecule has 124 valence electrons. The van der Waals surface area contributed by atoms with Crippen LogP contribution in [-0.4, -0.2) is 8.42 Å². The average Bonchev–Trinajstić information content (AvgIpc) is 2.46. The Hall–Kier alpha value is -1.29. The van der Waals surface area contributed by atoms with Gasteiger partial charge in [-0.25, -0.2) is 8.42 Å². The van der Waals surface area contributed by atoms with Crippen molar-refractivity contribution in [3.8, 4) is 0 Å². The van der Waals surface area contributed by atoms with Crippen molar-refractivity contribution in [3.63, 3.8) is 0 Å². The van der Waals surface area contributed by atoms with Crippen LogP contribution in [0.25, 0.3) is 0 Å². The van der Waals surface area contributed by atoms with Gasteiger partial charge in [0.25, 0.3) is 10.0 Å². The first-order valence-corrected chi connectivity index (χ1v) is 9.19. The molecule has 3 nitrogen and oxygen atoms in total. The number of halogens is 4. The molecule has 0 fully saturated rings. The molecular weight excluding hydrogens is 442 g/mol. The molecule has 0 unspecified atom stereocenters. The molecule has 2 aromatic rings. The Morgan fingerprint density at radius 1 is 1.13 bits per heavy atom. The van der Waals surface area contributed by atoms with E-state index in [1.54, 1.807) is 12.1 Å². The summed E-state index contributed by atoms with van der Waals surface area (Å²) in [6, 6.07) is 8.97. The van der Waals surface area contributed by atoms with Gasteiger partial charge in [0, 0.05) is 9.26 Å². The van der Waals surface area contributed by atoms with Crippen molar-refractivity contribution < 1.29 is 21.6 Å². The quantitative estimate of drug-likeness (QED) is 0.682. The fraction of sp³-hybridized carbons (Fsp3) is 0.200. The minimum absolute atomic E-state index is 0.226. The minimum Gasteiger partial charge on any atom is -0.280 e. The molecule has 0 atom stereocenters. The van der Waals surface area contributed by atoms with E-state index in [1.807, 2.05) is 6.92 Å². The van der Waals surface area contributed by atoms with E-state index in [0.717, 1.165) is 33.8 Å². The number of hydrogen-bond acceptors (Lipinski definition) is 2. The first-order chi connectivity index (χ1) is 10.6. The summed E-state index contributed by atoms with van der Waals surface area (Å²) in [6.07, 6.45) is -3.96. The average molecular weight is 455 g/mol. The Morgan fingerprint density at radius 3 is 2.35 bits per heavy atom. The maximum absolute atomic E-state index is 13.0. The Kier molecular flexibility index (Phi) is 5.24. The normalized spacial score (nSPS) is 12.2. The zero-order valence-electron chi connectivity index (χ0n) is 12.0. The number of sulfonamides is 1. The molecule has 2 rings (SSSR count).